The molecule has 0 aromatic heterocycles. The predicted octanol–water partition coefficient (Wildman–Crippen LogP) is 2.73. The quantitative estimate of drug-likeness (QED) is 0.745. The first-order valence-corrected chi connectivity index (χ1v) is 7.88. The lowest BCUT2D eigenvalue weighted by molar-refractivity contribution is -0.122. The molecule has 3 unspecified atom stereocenters. The molecule has 0 aromatic carbocycles. The molecule has 3 nitrogen and oxygen atoms in total. The van der Waals surface area contributed by atoms with Crippen LogP contribution in [0.25, 0.3) is 0 Å². The summed E-state index contributed by atoms with van der Waals surface area (Å²) in [5, 5.41) is 12.0. The van der Waals surface area contributed by atoms with Crippen molar-refractivity contribution in [2.24, 2.45) is 23.2 Å². The van der Waals surface area contributed by atoms with Gasteiger partial charge in [-0.2, -0.15) is 0 Å². The van der Waals surface area contributed by atoms with Crippen LogP contribution in [0.5, 0.6) is 0 Å². The lowest BCUT2D eigenvalue weighted by Crippen LogP contribution is -2.35. The number of fused-ring (bicyclic) bond motifs is 2. The van der Waals surface area contributed by atoms with Crippen molar-refractivity contribution in [1.82, 2.24) is 5.32 Å². The molecule has 0 aliphatic heterocycles. The van der Waals surface area contributed by atoms with E-state index >= 15 is 0 Å². The Labute approximate surface area is 117 Å². The highest BCUT2D eigenvalue weighted by Crippen LogP contribution is 2.49. The highest BCUT2D eigenvalue weighted by Gasteiger charge is 2.40. The van der Waals surface area contributed by atoms with Gasteiger partial charge < -0.3 is 10.4 Å². The zero-order chi connectivity index (χ0) is 13.9. The van der Waals surface area contributed by atoms with Gasteiger partial charge in [0.2, 0.25) is 5.91 Å². The minimum Gasteiger partial charge on any atom is -0.396 e. The lowest BCUT2D eigenvalue weighted by atomic mass is 9.85. The molecule has 0 saturated heterocycles. The maximum absolute atomic E-state index is 12.0. The van der Waals surface area contributed by atoms with E-state index in [2.05, 4.69) is 19.2 Å². The molecular weight excluding hydrogens is 238 g/mol. The molecule has 2 aliphatic rings. The Morgan fingerprint density at radius 3 is 2.68 bits per heavy atom. The van der Waals surface area contributed by atoms with E-state index in [0.29, 0.717) is 5.92 Å². The van der Waals surface area contributed by atoms with Crippen LogP contribution in [0.2, 0.25) is 0 Å². The topological polar surface area (TPSA) is 49.3 Å². The van der Waals surface area contributed by atoms with Gasteiger partial charge in [-0.05, 0) is 55.3 Å². The summed E-state index contributed by atoms with van der Waals surface area (Å²) in [5.74, 6) is 2.64. The third-order valence-electron chi connectivity index (χ3n) is 5.11. The van der Waals surface area contributed by atoms with Crippen molar-refractivity contribution in [3.05, 3.63) is 0 Å². The molecule has 0 aromatic rings. The third kappa shape index (κ3) is 4.20. The Kier molecular flexibility index (Phi) is 4.88. The van der Waals surface area contributed by atoms with Gasteiger partial charge in [0.05, 0.1) is 0 Å². The number of rotatable bonds is 7. The predicted molar refractivity (Wildman–Crippen MR) is 76.7 cm³/mol. The molecule has 2 fully saturated rings. The van der Waals surface area contributed by atoms with Crippen molar-refractivity contribution >= 4 is 5.91 Å². The van der Waals surface area contributed by atoms with Gasteiger partial charge in [0, 0.05) is 19.6 Å². The van der Waals surface area contributed by atoms with Crippen molar-refractivity contribution in [3.63, 3.8) is 0 Å². The van der Waals surface area contributed by atoms with E-state index in [4.69, 9.17) is 5.11 Å². The second kappa shape index (κ2) is 6.25. The van der Waals surface area contributed by atoms with Crippen LogP contribution >= 0.6 is 0 Å². The molecule has 2 bridgehead atoms. The maximum Gasteiger partial charge on any atom is 0.220 e. The Morgan fingerprint density at radius 2 is 2.11 bits per heavy atom. The number of aliphatic hydroxyl groups is 1. The Balaban J connectivity index is 1.67. The molecule has 0 spiro atoms. The van der Waals surface area contributed by atoms with Crippen LogP contribution < -0.4 is 5.32 Å². The first-order valence-electron chi connectivity index (χ1n) is 7.88. The molecule has 2 rings (SSSR count). The van der Waals surface area contributed by atoms with Crippen molar-refractivity contribution < 1.29 is 9.90 Å². The normalized spacial score (nSPS) is 29.7. The number of hydrogen-bond donors (Lipinski definition) is 2. The van der Waals surface area contributed by atoms with Gasteiger partial charge >= 0.3 is 0 Å². The first kappa shape index (κ1) is 14.8. The molecule has 0 heterocycles. The van der Waals surface area contributed by atoms with Gasteiger partial charge in [-0.1, -0.05) is 20.3 Å². The molecule has 2 aliphatic carbocycles. The van der Waals surface area contributed by atoms with Crippen molar-refractivity contribution in [3.8, 4) is 0 Å². The number of hydrogen-bond acceptors (Lipinski definition) is 2. The summed E-state index contributed by atoms with van der Waals surface area (Å²) in [4.78, 5) is 12.0. The van der Waals surface area contributed by atoms with E-state index in [-0.39, 0.29) is 17.9 Å². The summed E-state index contributed by atoms with van der Waals surface area (Å²) in [5.41, 5.74) is 0.0903. The monoisotopic (exact) mass is 267 g/mol. The Bertz CT molecular complexity index is 314. The third-order valence-corrected chi connectivity index (χ3v) is 5.11. The molecule has 2 saturated carbocycles. The number of aliphatic hydroxyl groups excluding tert-OH is 1. The molecular formula is C16H29NO2. The largest absolute Gasteiger partial charge is 0.396 e. The highest BCUT2D eigenvalue weighted by molar-refractivity contribution is 5.76. The Hall–Kier alpha value is -0.570. The minimum absolute atomic E-state index is 0.0903. The van der Waals surface area contributed by atoms with Crippen LogP contribution in [0.15, 0.2) is 0 Å². The van der Waals surface area contributed by atoms with Gasteiger partial charge in [-0.15, -0.1) is 0 Å². The first-order chi connectivity index (χ1) is 9.00. The van der Waals surface area contributed by atoms with E-state index in [1.165, 1.54) is 25.7 Å². The Morgan fingerprint density at radius 1 is 1.32 bits per heavy atom. The van der Waals surface area contributed by atoms with E-state index in [9.17, 15) is 4.79 Å². The van der Waals surface area contributed by atoms with Crippen LogP contribution in [0.4, 0.5) is 0 Å². The molecule has 19 heavy (non-hydrogen) atoms. The van der Waals surface area contributed by atoms with Gasteiger partial charge in [0.1, 0.15) is 0 Å². The lowest BCUT2D eigenvalue weighted by Gasteiger charge is -2.26. The van der Waals surface area contributed by atoms with Crippen LogP contribution in [0.1, 0.15) is 58.8 Å². The van der Waals surface area contributed by atoms with E-state index in [1.54, 1.807) is 0 Å². The molecule has 2 N–H and O–H groups in total. The molecule has 1 amide bonds. The van der Waals surface area contributed by atoms with Crippen LogP contribution in [0.3, 0.4) is 0 Å². The van der Waals surface area contributed by atoms with Crippen molar-refractivity contribution in [1.29, 1.82) is 0 Å². The van der Waals surface area contributed by atoms with Crippen LogP contribution in [-0.2, 0) is 4.79 Å². The van der Waals surface area contributed by atoms with E-state index in [1.807, 2.05) is 0 Å². The number of amides is 1. The SMILES string of the molecule is CC(C)(CCCO)CNC(=O)CC1CC2CCC1C2. The summed E-state index contributed by atoms with van der Waals surface area (Å²) >= 11 is 0. The second-order valence-corrected chi connectivity index (χ2v) is 7.41. The fourth-order valence-corrected chi connectivity index (χ4v) is 3.92. The average Bonchev–Trinajstić information content (AvgIpc) is 2.96. The van der Waals surface area contributed by atoms with Gasteiger partial charge in [-0.3, -0.25) is 4.79 Å². The minimum atomic E-state index is 0.0903. The fourth-order valence-electron chi connectivity index (χ4n) is 3.92. The summed E-state index contributed by atoms with van der Waals surface area (Å²) in [6.45, 7) is 5.27. The summed E-state index contributed by atoms with van der Waals surface area (Å²) < 4.78 is 0. The maximum atomic E-state index is 12.0. The summed E-state index contributed by atoms with van der Waals surface area (Å²) in [6.07, 6.45) is 7.91. The van der Waals surface area contributed by atoms with Crippen molar-refractivity contribution in [2.75, 3.05) is 13.2 Å². The summed E-state index contributed by atoms with van der Waals surface area (Å²) in [6, 6.07) is 0. The number of carbonyl (C=O) groups is 1. The smallest absolute Gasteiger partial charge is 0.220 e. The number of carbonyl (C=O) groups excluding carboxylic acids is 1. The fraction of sp³-hybridized carbons (Fsp3) is 0.938. The second-order valence-electron chi connectivity index (χ2n) is 7.41. The number of nitrogens with one attached hydrogen (secondary N) is 1. The molecule has 110 valence electrons. The van der Waals surface area contributed by atoms with E-state index in [0.717, 1.165) is 37.6 Å². The molecule has 0 radical (unpaired) electrons. The van der Waals surface area contributed by atoms with E-state index < -0.39 is 0 Å². The molecule has 3 atom stereocenters. The molecule has 3 heteroatoms. The zero-order valence-corrected chi connectivity index (χ0v) is 12.5. The van der Waals surface area contributed by atoms with Crippen LogP contribution in [0, 0.1) is 23.2 Å². The van der Waals surface area contributed by atoms with Gasteiger partial charge in [0.25, 0.3) is 0 Å². The summed E-state index contributed by atoms with van der Waals surface area (Å²) in [7, 11) is 0. The zero-order valence-electron chi connectivity index (χ0n) is 12.5. The highest BCUT2D eigenvalue weighted by atomic mass is 16.2. The average molecular weight is 267 g/mol. The van der Waals surface area contributed by atoms with Crippen LogP contribution in [-0.4, -0.2) is 24.2 Å². The standard InChI is InChI=1S/C16H29NO2/c1-16(2,6-3-7-18)11-17-15(19)10-14-9-12-4-5-13(14)8-12/h12-14,18H,3-11H2,1-2H3,(H,17,19). The van der Waals surface area contributed by atoms with Gasteiger partial charge in [-0.25, -0.2) is 0 Å². The van der Waals surface area contributed by atoms with Gasteiger partial charge in [0.15, 0.2) is 0 Å². The van der Waals surface area contributed by atoms with Crippen molar-refractivity contribution in [2.45, 2.75) is 58.8 Å².